The van der Waals surface area contributed by atoms with E-state index in [2.05, 4.69) is 9.97 Å². The van der Waals surface area contributed by atoms with Crippen molar-refractivity contribution in [3.05, 3.63) is 18.0 Å². The van der Waals surface area contributed by atoms with Crippen LogP contribution in [0.15, 0.2) is 12.1 Å². The third kappa shape index (κ3) is 2.53. The maximum Gasteiger partial charge on any atom is 0.316 e. The van der Waals surface area contributed by atoms with Gasteiger partial charge in [-0.25, -0.2) is 4.98 Å². The van der Waals surface area contributed by atoms with Gasteiger partial charge in [0, 0.05) is 12.1 Å². The molecule has 2 N–H and O–H groups in total. The molecule has 1 unspecified atom stereocenters. The maximum absolute atomic E-state index is 10.8. The summed E-state index contributed by atoms with van der Waals surface area (Å²) in [6.45, 7) is 2.75. The molecular weight excluding hydrogens is 280 g/mol. The number of imidazole rings is 1. The zero-order chi connectivity index (χ0) is 14.1. The van der Waals surface area contributed by atoms with Gasteiger partial charge in [-0.1, -0.05) is 0 Å². The minimum atomic E-state index is -0.816. The molecule has 20 heavy (non-hydrogen) atoms. The van der Waals surface area contributed by atoms with Crippen LogP contribution >= 0.6 is 11.8 Å². The van der Waals surface area contributed by atoms with Crippen molar-refractivity contribution in [1.82, 2.24) is 9.97 Å². The van der Waals surface area contributed by atoms with E-state index in [4.69, 9.17) is 14.6 Å². The number of thioether (sulfide) groups is 1. The first-order chi connectivity index (χ1) is 9.63. The first kappa shape index (κ1) is 13.1. The van der Waals surface area contributed by atoms with Gasteiger partial charge >= 0.3 is 5.97 Å². The van der Waals surface area contributed by atoms with Gasteiger partial charge in [0.05, 0.1) is 22.0 Å². The van der Waals surface area contributed by atoms with Crippen LogP contribution in [0, 0.1) is 0 Å². The van der Waals surface area contributed by atoms with Crippen molar-refractivity contribution in [1.29, 1.82) is 0 Å². The van der Waals surface area contributed by atoms with Crippen LogP contribution < -0.4 is 9.47 Å². The molecule has 7 heteroatoms. The Bertz CT molecular complexity index is 612. The highest BCUT2D eigenvalue weighted by molar-refractivity contribution is 7.99. The molecule has 0 aliphatic carbocycles. The number of aliphatic carboxylic acids is 1. The minimum Gasteiger partial charge on any atom is -0.486 e. The van der Waals surface area contributed by atoms with E-state index in [9.17, 15) is 4.79 Å². The third-order valence-electron chi connectivity index (χ3n) is 3.01. The molecule has 106 valence electrons. The summed E-state index contributed by atoms with van der Waals surface area (Å²) in [7, 11) is 0. The van der Waals surface area contributed by atoms with Crippen molar-refractivity contribution in [2.24, 2.45) is 0 Å². The summed E-state index contributed by atoms with van der Waals surface area (Å²) in [5.74, 6) is 1.87. The summed E-state index contributed by atoms with van der Waals surface area (Å²) >= 11 is 1.33. The van der Waals surface area contributed by atoms with Crippen LogP contribution in [-0.4, -0.2) is 39.5 Å². The Balaban J connectivity index is 1.81. The lowest BCUT2D eigenvalue weighted by atomic mass is 10.2. The molecule has 0 amide bonds. The zero-order valence-corrected chi connectivity index (χ0v) is 11.7. The second-order valence-electron chi connectivity index (χ2n) is 4.49. The fourth-order valence-corrected chi connectivity index (χ4v) is 2.63. The smallest absolute Gasteiger partial charge is 0.316 e. The Hall–Kier alpha value is -1.89. The molecule has 1 atom stereocenters. The fraction of sp³-hybridized carbons (Fsp3) is 0.385. The predicted octanol–water partition coefficient (Wildman–Crippen LogP) is 2.04. The van der Waals surface area contributed by atoms with Crippen LogP contribution in [0.4, 0.5) is 0 Å². The number of nitrogens with one attached hydrogen (secondary N) is 1. The van der Waals surface area contributed by atoms with Crippen molar-refractivity contribution in [3.8, 4) is 11.5 Å². The number of ether oxygens (including phenoxy) is 2. The molecule has 1 aromatic carbocycles. The summed E-state index contributed by atoms with van der Waals surface area (Å²) in [6.07, 6.45) is 0. The number of aromatic nitrogens is 2. The molecule has 2 heterocycles. The quantitative estimate of drug-likeness (QED) is 0.897. The van der Waals surface area contributed by atoms with E-state index in [1.165, 1.54) is 11.8 Å². The Morgan fingerprint density at radius 2 is 2.15 bits per heavy atom. The van der Waals surface area contributed by atoms with Gasteiger partial charge in [0.2, 0.25) is 0 Å². The highest BCUT2D eigenvalue weighted by Gasteiger charge is 2.16. The summed E-state index contributed by atoms with van der Waals surface area (Å²) in [5.41, 5.74) is 1.67. The Kier molecular flexibility index (Phi) is 3.43. The molecular formula is C13H14N2O4S. The summed E-state index contributed by atoms with van der Waals surface area (Å²) in [5, 5.41) is 8.40. The highest BCUT2D eigenvalue weighted by atomic mass is 32.2. The lowest BCUT2D eigenvalue weighted by Gasteiger charge is -2.17. The number of nitrogens with zero attached hydrogens (tertiary/aromatic N) is 1. The van der Waals surface area contributed by atoms with Gasteiger partial charge in [-0.3, -0.25) is 4.79 Å². The molecule has 1 aliphatic heterocycles. The number of rotatable bonds is 4. The van der Waals surface area contributed by atoms with Gasteiger partial charge in [0.15, 0.2) is 11.5 Å². The van der Waals surface area contributed by atoms with E-state index >= 15 is 0 Å². The molecule has 3 rings (SSSR count). The molecule has 0 bridgehead atoms. The summed E-state index contributed by atoms with van der Waals surface area (Å²) < 4.78 is 11.0. The van der Waals surface area contributed by atoms with E-state index < -0.39 is 11.2 Å². The molecule has 1 aliphatic rings. The molecule has 0 spiro atoms. The Morgan fingerprint density at radius 3 is 2.85 bits per heavy atom. The molecule has 0 saturated carbocycles. The fourth-order valence-electron chi connectivity index (χ4n) is 1.94. The summed E-state index contributed by atoms with van der Waals surface area (Å²) in [4.78, 5) is 18.4. The number of benzene rings is 1. The average Bonchev–Trinajstić information content (AvgIpc) is 2.83. The van der Waals surface area contributed by atoms with Gasteiger partial charge in [0.1, 0.15) is 19.0 Å². The van der Waals surface area contributed by atoms with Gasteiger partial charge in [-0.2, -0.15) is 0 Å². The van der Waals surface area contributed by atoms with E-state index in [-0.39, 0.29) is 0 Å². The van der Waals surface area contributed by atoms with Gasteiger partial charge in [-0.15, -0.1) is 11.8 Å². The van der Waals surface area contributed by atoms with Crippen molar-refractivity contribution < 1.29 is 19.4 Å². The van der Waals surface area contributed by atoms with Crippen molar-refractivity contribution in [2.75, 3.05) is 13.2 Å². The van der Waals surface area contributed by atoms with Gasteiger partial charge in [-0.05, 0) is 6.92 Å². The van der Waals surface area contributed by atoms with Crippen molar-refractivity contribution >= 4 is 28.8 Å². The van der Waals surface area contributed by atoms with E-state index in [0.717, 1.165) is 16.9 Å². The van der Waals surface area contributed by atoms with Crippen LogP contribution in [0.2, 0.25) is 0 Å². The van der Waals surface area contributed by atoms with Crippen molar-refractivity contribution in [2.45, 2.75) is 17.9 Å². The summed E-state index contributed by atoms with van der Waals surface area (Å²) in [6, 6.07) is 3.71. The predicted molar refractivity (Wildman–Crippen MR) is 75.5 cm³/mol. The lowest BCUT2D eigenvalue weighted by Crippen LogP contribution is -2.15. The normalized spacial score (nSPS) is 15.2. The van der Waals surface area contributed by atoms with Crippen LogP contribution in [0.1, 0.15) is 12.7 Å². The number of hydrogen-bond acceptors (Lipinski definition) is 5. The first-order valence-electron chi connectivity index (χ1n) is 6.26. The average molecular weight is 294 g/mol. The topological polar surface area (TPSA) is 84.4 Å². The van der Waals surface area contributed by atoms with Gasteiger partial charge in [0.25, 0.3) is 0 Å². The molecule has 1 aromatic heterocycles. The van der Waals surface area contributed by atoms with Crippen LogP contribution in [0.25, 0.3) is 11.0 Å². The van der Waals surface area contributed by atoms with Gasteiger partial charge < -0.3 is 19.6 Å². The van der Waals surface area contributed by atoms with Crippen LogP contribution in [0.5, 0.6) is 11.5 Å². The highest BCUT2D eigenvalue weighted by Crippen LogP contribution is 2.34. The standard InChI is InChI=1S/C13H14N2O4S/c1-7(13(16)17)20-6-12-14-8-4-10-11(5-9(8)15-12)19-3-2-18-10/h4-5,7H,2-3,6H2,1H3,(H,14,15)(H,16,17). The Labute approximate surface area is 119 Å². The third-order valence-corrected chi connectivity index (χ3v) is 4.15. The second-order valence-corrected chi connectivity index (χ2v) is 5.82. The van der Waals surface area contributed by atoms with Crippen molar-refractivity contribution in [3.63, 3.8) is 0 Å². The molecule has 0 radical (unpaired) electrons. The molecule has 6 nitrogen and oxygen atoms in total. The molecule has 0 fully saturated rings. The van der Waals surface area contributed by atoms with Crippen LogP contribution in [-0.2, 0) is 10.5 Å². The lowest BCUT2D eigenvalue weighted by molar-refractivity contribution is -0.136. The number of fused-ring (bicyclic) bond motifs is 2. The number of carbonyl (C=O) groups is 1. The molecule has 2 aromatic rings. The largest absolute Gasteiger partial charge is 0.486 e. The first-order valence-corrected chi connectivity index (χ1v) is 7.31. The van der Waals surface area contributed by atoms with E-state index in [1.807, 2.05) is 12.1 Å². The number of aromatic amines is 1. The number of carboxylic acid groups (broad SMARTS) is 1. The molecule has 0 saturated heterocycles. The maximum atomic E-state index is 10.8. The zero-order valence-electron chi connectivity index (χ0n) is 10.9. The SMILES string of the molecule is CC(SCc1nc2cc3c(cc2[nH]1)OCCO3)C(=O)O. The Morgan fingerprint density at radius 1 is 1.45 bits per heavy atom. The monoisotopic (exact) mass is 294 g/mol. The number of hydrogen-bond donors (Lipinski definition) is 2. The second kappa shape index (κ2) is 5.24. The van der Waals surface area contributed by atoms with E-state index in [1.54, 1.807) is 6.92 Å². The minimum absolute atomic E-state index is 0.455. The number of carboxylic acids is 1. The van der Waals surface area contributed by atoms with E-state index in [0.29, 0.717) is 30.5 Å². The van der Waals surface area contributed by atoms with Crippen LogP contribution in [0.3, 0.4) is 0 Å². The number of H-pyrrole nitrogens is 1.